The van der Waals surface area contributed by atoms with Crippen LogP contribution in [0.15, 0.2) is 36.5 Å². The molecule has 2 nitrogen and oxygen atoms in total. The highest BCUT2D eigenvalue weighted by atomic mass is 16.1. The van der Waals surface area contributed by atoms with Crippen LogP contribution in [0.3, 0.4) is 0 Å². The van der Waals surface area contributed by atoms with Crippen molar-refractivity contribution < 1.29 is 4.79 Å². The molecule has 1 aromatic heterocycles. The van der Waals surface area contributed by atoms with Gasteiger partial charge in [0.1, 0.15) is 0 Å². The number of carbonyl (C=O) groups excluding carboxylic acids is 1. The second-order valence-electron chi connectivity index (χ2n) is 5.74. The van der Waals surface area contributed by atoms with Gasteiger partial charge in [-0.3, -0.25) is 9.78 Å². The highest BCUT2D eigenvalue weighted by Gasteiger charge is 2.15. The first-order valence-electron chi connectivity index (χ1n) is 6.95. The van der Waals surface area contributed by atoms with Crippen molar-refractivity contribution in [3.05, 3.63) is 42.1 Å². The van der Waals surface area contributed by atoms with Crippen molar-refractivity contribution in [2.45, 2.75) is 33.6 Å². The second kappa shape index (κ2) is 5.96. The molecule has 0 fully saturated rings. The van der Waals surface area contributed by atoms with Crippen molar-refractivity contribution in [1.29, 1.82) is 0 Å². The van der Waals surface area contributed by atoms with E-state index in [2.05, 4.69) is 25.8 Å². The molecule has 1 aromatic carbocycles. The SMILES string of the molecule is CC(C)CC(C)CC(=O)c1cccc2cccnc12. The molecule has 0 amide bonds. The van der Waals surface area contributed by atoms with E-state index in [-0.39, 0.29) is 5.78 Å². The number of rotatable bonds is 5. The Hall–Kier alpha value is -1.70. The Morgan fingerprint density at radius 2 is 1.89 bits per heavy atom. The van der Waals surface area contributed by atoms with Crippen LogP contribution in [0.1, 0.15) is 44.0 Å². The van der Waals surface area contributed by atoms with Crippen LogP contribution < -0.4 is 0 Å². The molecule has 0 bridgehead atoms. The molecule has 0 aliphatic carbocycles. The molecule has 2 heteroatoms. The van der Waals surface area contributed by atoms with Crippen molar-refractivity contribution in [1.82, 2.24) is 4.98 Å². The summed E-state index contributed by atoms with van der Waals surface area (Å²) in [5, 5.41) is 1.03. The second-order valence-corrected chi connectivity index (χ2v) is 5.74. The van der Waals surface area contributed by atoms with E-state index in [0.29, 0.717) is 18.3 Å². The largest absolute Gasteiger partial charge is 0.294 e. The minimum Gasteiger partial charge on any atom is -0.294 e. The fraction of sp³-hybridized carbons (Fsp3) is 0.412. The predicted octanol–water partition coefficient (Wildman–Crippen LogP) is 4.49. The van der Waals surface area contributed by atoms with Crippen molar-refractivity contribution >= 4 is 16.7 Å². The van der Waals surface area contributed by atoms with Gasteiger partial charge >= 0.3 is 0 Å². The number of fused-ring (bicyclic) bond motifs is 1. The van der Waals surface area contributed by atoms with Gasteiger partial charge in [-0.05, 0) is 30.4 Å². The van der Waals surface area contributed by atoms with Gasteiger partial charge in [0, 0.05) is 23.6 Å². The molecule has 1 atom stereocenters. The fourth-order valence-electron chi connectivity index (χ4n) is 2.64. The fourth-order valence-corrected chi connectivity index (χ4v) is 2.64. The molecule has 19 heavy (non-hydrogen) atoms. The van der Waals surface area contributed by atoms with E-state index >= 15 is 0 Å². The van der Waals surface area contributed by atoms with Gasteiger partial charge in [-0.25, -0.2) is 0 Å². The summed E-state index contributed by atoms with van der Waals surface area (Å²) in [7, 11) is 0. The molecule has 1 heterocycles. The molecule has 0 saturated heterocycles. The maximum Gasteiger partial charge on any atom is 0.165 e. The zero-order chi connectivity index (χ0) is 13.8. The Kier molecular flexibility index (Phi) is 4.31. The average Bonchev–Trinajstić information content (AvgIpc) is 2.36. The van der Waals surface area contributed by atoms with Gasteiger partial charge in [0.05, 0.1) is 5.52 Å². The summed E-state index contributed by atoms with van der Waals surface area (Å²) >= 11 is 0. The van der Waals surface area contributed by atoms with Crippen molar-refractivity contribution in [2.24, 2.45) is 11.8 Å². The number of ketones is 1. The quantitative estimate of drug-likeness (QED) is 0.737. The first kappa shape index (κ1) is 13.7. The van der Waals surface area contributed by atoms with Crippen LogP contribution >= 0.6 is 0 Å². The maximum atomic E-state index is 12.4. The Morgan fingerprint density at radius 1 is 1.16 bits per heavy atom. The van der Waals surface area contributed by atoms with Crippen LogP contribution in [0.4, 0.5) is 0 Å². The van der Waals surface area contributed by atoms with Gasteiger partial charge in [-0.1, -0.05) is 39.0 Å². The number of carbonyl (C=O) groups is 1. The normalized spacial score (nSPS) is 12.8. The van der Waals surface area contributed by atoms with Crippen LogP contribution in [-0.2, 0) is 0 Å². The number of benzene rings is 1. The van der Waals surface area contributed by atoms with Gasteiger partial charge in [-0.15, -0.1) is 0 Å². The lowest BCUT2D eigenvalue weighted by atomic mass is 9.91. The monoisotopic (exact) mass is 255 g/mol. The van der Waals surface area contributed by atoms with E-state index in [4.69, 9.17) is 0 Å². The summed E-state index contributed by atoms with van der Waals surface area (Å²) in [5.74, 6) is 1.26. The smallest absolute Gasteiger partial charge is 0.165 e. The molecule has 0 saturated carbocycles. The molecular weight excluding hydrogens is 234 g/mol. The van der Waals surface area contributed by atoms with Crippen LogP contribution in [-0.4, -0.2) is 10.8 Å². The van der Waals surface area contributed by atoms with E-state index in [1.54, 1.807) is 6.20 Å². The molecule has 0 aliphatic heterocycles. The Bertz CT molecular complexity index is 569. The van der Waals surface area contributed by atoms with Crippen LogP contribution in [0.2, 0.25) is 0 Å². The topological polar surface area (TPSA) is 30.0 Å². The minimum atomic E-state index is 0.206. The first-order valence-corrected chi connectivity index (χ1v) is 6.95. The first-order chi connectivity index (χ1) is 9.08. The summed E-state index contributed by atoms with van der Waals surface area (Å²) < 4.78 is 0. The van der Waals surface area contributed by atoms with Gasteiger partial charge in [0.2, 0.25) is 0 Å². The summed E-state index contributed by atoms with van der Waals surface area (Å²) in [6.07, 6.45) is 3.44. The third-order valence-electron chi connectivity index (χ3n) is 3.34. The molecule has 2 aromatic rings. The Balaban J connectivity index is 2.22. The summed E-state index contributed by atoms with van der Waals surface area (Å²) in [6.45, 7) is 6.54. The van der Waals surface area contributed by atoms with Gasteiger partial charge < -0.3 is 0 Å². The maximum absolute atomic E-state index is 12.4. The molecule has 0 radical (unpaired) electrons. The average molecular weight is 255 g/mol. The van der Waals surface area contributed by atoms with E-state index in [1.807, 2.05) is 30.3 Å². The number of pyridine rings is 1. The molecule has 0 spiro atoms. The number of para-hydroxylation sites is 1. The van der Waals surface area contributed by atoms with Crippen molar-refractivity contribution in [2.75, 3.05) is 0 Å². The lowest BCUT2D eigenvalue weighted by Crippen LogP contribution is -2.09. The predicted molar refractivity (Wildman–Crippen MR) is 79.3 cm³/mol. The number of hydrogen-bond acceptors (Lipinski definition) is 2. The molecule has 0 N–H and O–H groups in total. The van der Waals surface area contributed by atoms with Crippen LogP contribution in [0.25, 0.3) is 10.9 Å². The summed E-state index contributed by atoms with van der Waals surface area (Å²) in [4.78, 5) is 16.8. The van der Waals surface area contributed by atoms with Crippen molar-refractivity contribution in [3.63, 3.8) is 0 Å². The minimum absolute atomic E-state index is 0.206. The Morgan fingerprint density at radius 3 is 2.63 bits per heavy atom. The third kappa shape index (κ3) is 3.40. The van der Waals surface area contributed by atoms with Gasteiger partial charge in [-0.2, -0.15) is 0 Å². The number of nitrogens with zero attached hydrogens (tertiary/aromatic N) is 1. The summed E-state index contributed by atoms with van der Waals surface area (Å²) in [6, 6.07) is 9.72. The molecule has 0 aliphatic rings. The Labute approximate surface area is 114 Å². The number of Topliss-reactive ketones (excluding diaryl/α,β-unsaturated/α-hetero) is 1. The van der Waals surface area contributed by atoms with E-state index in [1.165, 1.54) is 0 Å². The van der Waals surface area contributed by atoms with Crippen molar-refractivity contribution in [3.8, 4) is 0 Å². The molecule has 2 rings (SSSR count). The standard InChI is InChI=1S/C17H21NO/c1-12(2)10-13(3)11-16(19)15-8-4-6-14-7-5-9-18-17(14)15/h4-9,12-13H,10-11H2,1-3H3. The third-order valence-corrected chi connectivity index (χ3v) is 3.34. The number of hydrogen-bond donors (Lipinski definition) is 0. The van der Waals surface area contributed by atoms with E-state index in [9.17, 15) is 4.79 Å². The van der Waals surface area contributed by atoms with Gasteiger partial charge in [0.25, 0.3) is 0 Å². The molecule has 1 unspecified atom stereocenters. The highest BCUT2D eigenvalue weighted by Crippen LogP contribution is 2.21. The molecule has 100 valence electrons. The number of aromatic nitrogens is 1. The van der Waals surface area contributed by atoms with E-state index in [0.717, 1.165) is 22.9 Å². The lowest BCUT2D eigenvalue weighted by Gasteiger charge is -2.13. The summed E-state index contributed by atoms with van der Waals surface area (Å²) in [5.41, 5.74) is 1.58. The molecular formula is C17H21NO. The van der Waals surface area contributed by atoms with Crippen LogP contribution in [0.5, 0.6) is 0 Å². The zero-order valence-electron chi connectivity index (χ0n) is 11.9. The van der Waals surface area contributed by atoms with Crippen LogP contribution in [0, 0.1) is 11.8 Å². The zero-order valence-corrected chi connectivity index (χ0v) is 11.9. The lowest BCUT2D eigenvalue weighted by molar-refractivity contribution is 0.0961. The van der Waals surface area contributed by atoms with Gasteiger partial charge in [0.15, 0.2) is 5.78 Å². The van der Waals surface area contributed by atoms with E-state index < -0.39 is 0 Å². The highest BCUT2D eigenvalue weighted by molar-refractivity contribution is 6.06.